The summed E-state index contributed by atoms with van der Waals surface area (Å²) in [5.74, 6) is 2.40. The predicted molar refractivity (Wildman–Crippen MR) is 105 cm³/mol. The van der Waals surface area contributed by atoms with Gasteiger partial charge in [-0.1, -0.05) is 6.07 Å². The van der Waals surface area contributed by atoms with Crippen LogP contribution in [-0.4, -0.2) is 37.8 Å². The smallest absolute Gasteiger partial charge is 0.161 e. The molecule has 2 aromatic rings. The lowest BCUT2D eigenvalue weighted by molar-refractivity contribution is 0.310. The van der Waals surface area contributed by atoms with E-state index in [1.165, 1.54) is 0 Å². The van der Waals surface area contributed by atoms with Crippen LogP contribution in [0.2, 0.25) is 0 Å². The number of nitrogens with zero attached hydrogens (tertiary/aromatic N) is 3. The monoisotopic (exact) mass is 366 g/mol. The van der Waals surface area contributed by atoms with Crippen LogP contribution in [0.15, 0.2) is 36.5 Å². The molecule has 0 amide bonds. The molecule has 142 valence electrons. The maximum atomic E-state index is 9.04. The second kappa shape index (κ2) is 9.24. The number of ether oxygens (including phenoxy) is 2. The quantitative estimate of drug-likeness (QED) is 0.812. The highest BCUT2D eigenvalue weighted by molar-refractivity contribution is 5.47. The van der Waals surface area contributed by atoms with Crippen LogP contribution in [0.5, 0.6) is 11.5 Å². The Hall–Kier alpha value is -2.78. The molecule has 0 radical (unpaired) electrons. The molecule has 6 heteroatoms. The first-order valence-corrected chi connectivity index (χ1v) is 9.38. The fourth-order valence-electron chi connectivity index (χ4n) is 3.42. The molecule has 3 rings (SSSR count). The van der Waals surface area contributed by atoms with Gasteiger partial charge >= 0.3 is 0 Å². The second-order valence-electron chi connectivity index (χ2n) is 6.54. The van der Waals surface area contributed by atoms with E-state index in [0.717, 1.165) is 55.4 Å². The molecule has 0 unspecified atom stereocenters. The zero-order valence-electron chi connectivity index (χ0n) is 15.9. The molecule has 1 aromatic heterocycles. The van der Waals surface area contributed by atoms with E-state index in [4.69, 9.17) is 14.7 Å². The lowest BCUT2D eigenvalue weighted by Crippen LogP contribution is -2.43. The van der Waals surface area contributed by atoms with Gasteiger partial charge < -0.3 is 19.7 Å². The number of rotatable bonds is 7. The van der Waals surface area contributed by atoms with Crippen LogP contribution in [0.1, 0.15) is 30.9 Å². The Labute approximate surface area is 160 Å². The molecule has 1 N–H and O–H groups in total. The van der Waals surface area contributed by atoms with E-state index >= 15 is 0 Å². The van der Waals surface area contributed by atoms with Gasteiger partial charge in [0.15, 0.2) is 11.5 Å². The van der Waals surface area contributed by atoms with Crippen molar-refractivity contribution in [2.75, 3.05) is 31.7 Å². The van der Waals surface area contributed by atoms with Crippen LogP contribution in [0.3, 0.4) is 0 Å². The topological polar surface area (TPSA) is 70.4 Å². The summed E-state index contributed by atoms with van der Waals surface area (Å²) in [4.78, 5) is 6.87. The number of hydrogen-bond donors (Lipinski definition) is 1. The number of nitriles is 1. The first-order chi connectivity index (χ1) is 13.2. The third-order valence-corrected chi connectivity index (χ3v) is 4.80. The third-order valence-electron chi connectivity index (χ3n) is 4.80. The first kappa shape index (κ1) is 19.0. The van der Waals surface area contributed by atoms with Crippen molar-refractivity contribution in [3.8, 4) is 17.6 Å². The van der Waals surface area contributed by atoms with Crippen molar-refractivity contribution in [2.45, 2.75) is 32.4 Å². The van der Waals surface area contributed by atoms with Gasteiger partial charge in [0, 0.05) is 18.8 Å². The van der Waals surface area contributed by atoms with Crippen molar-refractivity contribution in [3.05, 3.63) is 47.7 Å². The Morgan fingerprint density at radius 2 is 2.04 bits per heavy atom. The van der Waals surface area contributed by atoms with Gasteiger partial charge in [-0.3, -0.25) is 0 Å². The third kappa shape index (κ3) is 4.69. The van der Waals surface area contributed by atoms with Gasteiger partial charge in [0.1, 0.15) is 11.9 Å². The summed E-state index contributed by atoms with van der Waals surface area (Å²) < 4.78 is 11.1. The molecule has 0 aliphatic carbocycles. The molecule has 6 nitrogen and oxygen atoms in total. The van der Waals surface area contributed by atoms with Crippen molar-refractivity contribution in [1.82, 2.24) is 10.3 Å². The molecular formula is C21H26N4O2. The minimum atomic E-state index is 0.407. The fraction of sp³-hybridized carbons (Fsp3) is 0.429. The van der Waals surface area contributed by atoms with Crippen LogP contribution >= 0.6 is 0 Å². The van der Waals surface area contributed by atoms with Gasteiger partial charge in [-0.2, -0.15) is 5.26 Å². The molecule has 1 saturated heterocycles. The molecule has 0 atom stereocenters. The second-order valence-corrected chi connectivity index (χ2v) is 6.54. The van der Waals surface area contributed by atoms with E-state index in [2.05, 4.69) is 27.3 Å². The highest BCUT2D eigenvalue weighted by Gasteiger charge is 2.23. The van der Waals surface area contributed by atoms with E-state index in [0.29, 0.717) is 18.2 Å². The van der Waals surface area contributed by atoms with Crippen LogP contribution < -0.4 is 19.7 Å². The average Bonchev–Trinajstić information content (AvgIpc) is 2.73. The molecule has 0 spiro atoms. The highest BCUT2D eigenvalue weighted by Crippen LogP contribution is 2.30. The summed E-state index contributed by atoms with van der Waals surface area (Å²) in [7, 11) is 1.65. The standard InChI is InChI=1S/C21H26N4O2/c1-3-27-20-12-16(4-6-19(20)26-2)15-25(18-8-10-23-11-9-18)21-7-5-17(13-22)14-24-21/h4-7,12,14,18,23H,3,8-11,15H2,1-2H3. The summed E-state index contributed by atoms with van der Waals surface area (Å²) in [5, 5.41) is 12.5. The van der Waals surface area contributed by atoms with Crippen molar-refractivity contribution >= 4 is 5.82 Å². The summed E-state index contributed by atoms with van der Waals surface area (Å²) >= 11 is 0. The molecule has 0 bridgehead atoms. The van der Waals surface area contributed by atoms with Crippen LogP contribution in [0.25, 0.3) is 0 Å². The zero-order chi connectivity index (χ0) is 19.1. The van der Waals surface area contributed by atoms with Gasteiger partial charge in [0.05, 0.1) is 19.3 Å². The number of methoxy groups -OCH3 is 1. The summed E-state index contributed by atoms with van der Waals surface area (Å²) in [5.41, 5.74) is 1.72. The van der Waals surface area contributed by atoms with Crippen molar-refractivity contribution in [3.63, 3.8) is 0 Å². The molecule has 1 aliphatic rings. The largest absolute Gasteiger partial charge is 0.493 e. The number of pyridine rings is 1. The summed E-state index contributed by atoms with van der Waals surface area (Å²) in [6.07, 6.45) is 3.77. The van der Waals surface area contributed by atoms with Gasteiger partial charge in [-0.15, -0.1) is 0 Å². The lowest BCUT2D eigenvalue weighted by atomic mass is 10.0. The maximum absolute atomic E-state index is 9.04. The first-order valence-electron chi connectivity index (χ1n) is 9.38. The van der Waals surface area contributed by atoms with Gasteiger partial charge in [0.2, 0.25) is 0 Å². The van der Waals surface area contributed by atoms with Gasteiger partial charge in [-0.25, -0.2) is 4.98 Å². The Morgan fingerprint density at radius 1 is 1.22 bits per heavy atom. The van der Waals surface area contributed by atoms with Crippen LogP contribution in [0, 0.1) is 11.3 Å². The van der Waals surface area contributed by atoms with Gasteiger partial charge in [0.25, 0.3) is 0 Å². The number of anilines is 1. The average molecular weight is 366 g/mol. The summed E-state index contributed by atoms with van der Waals surface area (Å²) in [6.45, 7) is 5.30. The number of benzene rings is 1. The minimum Gasteiger partial charge on any atom is -0.493 e. The maximum Gasteiger partial charge on any atom is 0.161 e. The normalized spacial score (nSPS) is 14.4. The molecule has 27 heavy (non-hydrogen) atoms. The molecule has 2 heterocycles. The molecule has 1 fully saturated rings. The van der Waals surface area contributed by atoms with E-state index < -0.39 is 0 Å². The predicted octanol–water partition coefficient (Wildman–Crippen LogP) is 3.12. The van der Waals surface area contributed by atoms with E-state index in [-0.39, 0.29) is 0 Å². The SMILES string of the molecule is CCOc1cc(CN(c2ccc(C#N)cn2)C2CCNCC2)ccc1OC. The Bertz CT molecular complexity index is 780. The van der Waals surface area contributed by atoms with Crippen molar-refractivity contribution in [1.29, 1.82) is 5.26 Å². The summed E-state index contributed by atoms with van der Waals surface area (Å²) in [6, 6.07) is 12.4. The number of nitrogens with one attached hydrogen (secondary N) is 1. The van der Waals surface area contributed by atoms with Crippen LogP contribution in [-0.2, 0) is 6.54 Å². The van der Waals surface area contributed by atoms with E-state index in [1.807, 2.05) is 31.2 Å². The minimum absolute atomic E-state index is 0.407. The van der Waals surface area contributed by atoms with Crippen molar-refractivity contribution < 1.29 is 9.47 Å². The number of piperidine rings is 1. The highest BCUT2D eigenvalue weighted by atomic mass is 16.5. The van der Waals surface area contributed by atoms with E-state index in [9.17, 15) is 0 Å². The Balaban J connectivity index is 1.88. The number of aromatic nitrogens is 1. The lowest BCUT2D eigenvalue weighted by Gasteiger charge is -2.35. The molecular weight excluding hydrogens is 340 g/mol. The van der Waals surface area contributed by atoms with Gasteiger partial charge in [-0.05, 0) is 62.7 Å². The fourth-order valence-corrected chi connectivity index (χ4v) is 3.42. The number of hydrogen-bond acceptors (Lipinski definition) is 6. The van der Waals surface area contributed by atoms with E-state index in [1.54, 1.807) is 13.3 Å². The van der Waals surface area contributed by atoms with Crippen LogP contribution in [0.4, 0.5) is 5.82 Å². The molecule has 0 saturated carbocycles. The van der Waals surface area contributed by atoms with Crippen molar-refractivity contribution in [2.24, 2.45) is 0 Å². The Kier molecular flexibility index (Phi) is 6.50. The molecule has 1 aliphatic heterocycles. The Morgan fingerprint density at radius 3 is 2.67 bits per heavy atom. The molecule has 1 aromatic carbocycles. The zero-order valence-corrected chi connectivity index (χ0v) is 15.9.